The highest BCUT2D eigenvalue weighted by Crippen LogP contribution is 2.35. The van der Waals surface area contributed by atoms with Gasteiger partial charge in [-0.25, -0.2) is 4.79 Å². The van der Waals surface area contributed by atoms with Crippen molar-refractivity contribution in [3.8, 4) is 0 Å². The molecule has 114 valence electrons. The van der Waals surface area contributed by atoms with Crippen LogP contribution < -0.4 is 0 Å². The fourth-order valence-electron chi connectivity index (χ4n) is 3.45. The first-order chi connectivity index (χ1) is 9.72. The van der Waals surface area contributed by atoms with Crippen LogP contribution >= 0.6 is 0 Å². The van der Waals surface area contributed by atoms with Crippen LogP contribution in [0, 0.1) is 0 Å². The molecule has 3 aliphatic rings. The largest absolute Gasteiger partial charge is 0.467 e. The van der Waals surface area contributed by atoms with Gasteiger partial charge in [0.2, 0.25) is 0 Å². The SMILES string of the molecule is COC(=O)C1CN(C2CCOC3(CCOC3)C2)CCO1. The van der Waals surface area contributed by atoms with Crippen LogP contribution in [0.4, 0.5) is 0 Å². The molecule has 0 aromatic rings. The van der Waals surface area contributed by atoms with Crippen molar-refractivity contribution in [1.29, 1.82) is 0 Å². The number of methoxy groups -OCH3 is 1. The molecule has 0 amide bonds. The second kappa shape index (κ2) is 5.97. The van der Waals surface area contributed by atoms with E-state index < -0.39 is 6.10 Å². The first kappa shape index (κ1) is 14.3. The number of rotatable bonds is 2. The van der Waals surface area contributed by atoms with E-state index >= 15 is 0 Å². The van der Waals surface area contributed by atoms with E-state index in [-0.39, 0.29) is 11.6 Å². The Labute approximate surface area is 119 Å². The van der Waals surface area contributed by atoms with Gasteiger partial charge in [0.05, 0.1) is 25.9 Å². The van der Waals surface area contributed by atoms with Crippen LogP contribution in [0.2, 0.25) is 0 Å². The number of hydrogen-bond acceptors (Lipinski definition) is 6. The van der Waals surface area contributed by atoms with Gasteiger partial charge in [0.25, 0.3) is 0 Å². The zero-order valence-corrected chi connectivity index (χ0v) is 12.0. The molecule has 3 heterocycles. The van der Waals surface area contributed by atoms with Gasteiger partial charge in [0, 0.05) is 38.8 Å². The van der Waals surface area contributed by atoms with Crippen molar-refractivity contribution in [2.45, 2.75) is 37.0 Å². The number of esters is 1. The summed E-state index contributed by atoms with van der Waals surface area (Å²) in [5.41, 5.74) is -0.0953. The fourth-order valence-corrected chi connectivity index (χ4v) is 3.45. The number of ether oxygens (including phenoxy) is 4. The quantitative estimate of drug-likeness (QED) is 0.676. The number of hydrogen-bond donors (Lipinski definition) is 0. The van der Waals surface area contributed by atoms with Gasteiger partial charge in [0.15, 0.2) is 6.10 Å². The monoisotopic (exact) mass is 285 g/mol. The summed E-state index contributed by atoms with van der Waals surface area (Å²) in [6, 6.07) is 0.446. The maximum atomic E-state index is 11.6. The second-order valence-electron chi connectivity index (χ2n) is 5.86. The average molecular weight is 285 g/mol. The van der Waals surface area contributed by atoms with Crippen molar-refractivity contribution in [3.05, 3.63) is 0 Å². The molecule has 6 heteroatoms. The standard InChI is InChI=1S/C14H23NO5/c1-17-13(16)12-9-15(4-7-19-12)11-2-5-20-14(8-11)3-6-18-10-14/h11-12H,2-10H2,1H3. The minimum absolute atomic E-state index is 0.0953. The molecule has 0 N–H and O–H groups in total. The fraction of sp³-hybridized carbons (Fsp3) is 0.929. The number of carbonyl (C=O) groups excluding carboxylic acids is 1. The van der Waals surface area contributed by atoms with Crippen LogP contribution in [0.3, 0.4) is 0 Å². The van der Waals surface area contributed by atoms with E-state index in [0.717, 1.165) is 39.0 Å². The van der Waals surface area contributed by atoms with Gasteiger partial charge in [0.1, 0.15) is 0 Å². The molecule has 0 aromatic carbocycles. The van der Waals surface area contributed by atoms with Gasteiger partial charge in [-0.2, -0.15) is 0 Å². The molecule has 3 fully saturated rings. The third kappa shape index (κ3) is 2.83. The molecule has 3 unspecified atom stereocenters. The molecule has 0 radical (unpaired) electrons. The van der Waals surface area contributed by atoms with Crippen LogP contribution in [0.5, 0.6) is 0 Å². The van der Waals surface area contributed by atoms with Crippen molar-refractivity contribution < 1.29 is 23.7 Å². The Hall–Kier alpha value is -0.690. The van der Waals surface area contributed by atoms with Crippen molar-refractivity contribution in [1.82, 2.24) is 4.90 Å². The normalized spacial score (nSPS) is 39.0. The van der Waals surface area contributed by atoms with E-state index in [1.165, 1.54) is 7.11 Å². The predicted octanol–water partition coefficient (Wildman–Crippen LogP) is 0.198. The molecule has 3 aliphatic heterocycles. The van der Waals surface area contributed by atoms with Crippen LogP contribution in [0.25, 0.3) is 0 Å². The first-order valence-electron chi connectivity index (χ1n) is 7.38. The lowest BCUT2D eigenvalue weighted by atomic mass is 9.88. The lowest BCUT2D eigenvalue weighted by Gasteiger charge is -2.44. The smallest absolute Gasteiger partial charge is 0.336 e. The summed E-state index contributed by atoms with van der Waals surface area (Å²) < 4.78 is 21.8. The van der Waals surface area contributed by atoms with Crippen molar-refractivity contribution in [2.75, 3.05) is 46.6 Å². The van der Waals surface area contributed by atoms with E-state index in [1.54, 1.807) is 0 Å². The van der Waals surface area contributed by atoms with Crippen LogP contribution in [0.15, 0.2) is 0 Å². The zero-order chi connectivity index (χ0) is 14.0. The molecule has 3 rings (SSSR count). The number of morpholine rings is 1. The average Bonchev–Trinajstić information content (AvgIpc) is 2.94. The lowest BCUT2D eigenvalue weighted by molar-refractivity contribution is -0.164. The predicted molar refractivity (Wildman–Crippen MR) is 70.5 cm³/mol. The summed E-state index contributed by atoms with van der Waals surface area (Å²) >= 11 is 0. The van der Waals surface area contributed by atoms with E-state index in [1.807, 2.05) is 0 Å². The summed E-state index contributed by atoms with van der Waals surface area (Å²) in [5.74, 6) is -0.277. The molecule has 3 atom stereocenters. The summed E-state index contributed by atoms with van der Waals surface area (Å²) in [6.45, 7) is 4.34. The number of nitrogens with zero attached hydrogens (tertiary/aromatic N) is 1. The first-order valence-corrected chi connectivity index (χ1v) is 7.38. The summed E-state index contributed by atoms with van der Waals surface area (Å²) in [7, 11) is 1.41. The third-order valence-electron chi connectivity index (χ3n) is 4.61. The number of carbonyl (C=O) groups is 1. The lowest BCUT2D eigenvalue weighted by Crippen LogP contribution is -2.55. The molecule has 1 spiro atoms. The topological polar surface area (TPSA) is 57.2 Å². The highest BCUT2D eigenvalue weighted by atomic mass is 16.6. The Bertz CT molecular complexity index is 355. The van der Waals surface area contributed by atoms with Crippen molar-refractivity contribution in [2.24, 2.45) is 0 Å². The molecule has 3 saturated heterocycles. The minimum Gasteiger partial charge on any atom is -0.467 e. The molecule has 6 nitrogen and oxygen atoms in total. The van der Waals surface area contributed by atoms with E-state index in [0.29, 0.717) is 25.8 Å². The molecule has 0 aromatic heterocycles. The Morgan fingerprint density at radius 3 is 3.00 bits per heavy atom. The van der Waals surface area contributed by atoms with Gasteiger partial charge in [-0.15, -0.1) is 0 Å². The van der Waals surface area contributed by atoms with Gasteiger partial charge < -0.3 is 18.9 Å². The van der Waals surface area contributed by atoms with Crippen molar-refractivity contribution >= 4 is 5.97 Å². The van der Waals surface area contributed by atoms with E-state index in [2.05, 4.69) is 4.90 Å². The molecular formula is C14H23NO5. The summed E-state index contributed by atoms with van der Waals surface area (Å²) in [6.07, 6.45) is 2.53. The maximum absolute atomic E-state index is 11.6. The second-order valence-corrected chi connectivity index (χ2v) is 5.86. The Morgan fingerprint density at radius 2 is 2.25 bits per heavy atom. The van der Waals surface area contributed by atoms with Crippen molar-refractivity contribution in [3.63, 3.8) is 0 Å². The van der Waals surface area contributed by atoms with E-state index in [4.69, 9.17) is 18.9 Å². The van der Waals surface area contributed by atoms with E-state index in [9.17, 15) is 4.79 Å². The summed E-state index contributed by atoms with van der Waals surface area (Å²) in [5, 5.41) is 0. The van der Waals surface area contributed by atoms with Crippen LogP contribution in [-0.2, 0) is 23.7 Å². The highest BCUT2D eigenvalue weighted by molar-refractivity contribution is 5.74. The molecule has 0 bridgehead atoms. The minimum atomic E-state index is -0.452. The molecule has 0 aliphatic carbocycles. The Balaban J connectivity index is 1.61. The third-order valence-corrected chi connectivity index (χ3v) is 4.61. The maximum Gasteiger partial charge on any atom is 0.336 e. The van der Waals surface area contributed by atoms with Gasteiger partial charge in [-0.1, -0.05) is 0 Å². The Kier molecular flexibility index (Phi) is 4.26. The molecule has 0 saturated carbocycles. The van der Waals surface area contributed by atoms with Crippen LogP contribution in [0.1, 0.15) is 19.3 Å². The molecule has 20 heavy (non-hydrogen) atoms. The van der Waals surface area contributed by atoms with Crippen LogP contribution in [-0.4, -0.2) is 75.2 Å². The Morgan fingerprint density at radius 1 is 1.35 bits per heavy atom. The van der Waals surface area contributed by atoms with Gasteiger partial charge in [-0.05, 0) is 12.8 Å². The summed E-state index contributed by atoms with van der Waals surface area (Å²) in [4.78, 5) is 14.0. The zero-order valence-electron chi connectivity index (χ0n) is 12.0. The molecular weight excluding hydrogens is 262 g/mol. The van der Waals surface area contributed by atoms with Gasteiger partial charge >= 0.3 is 5.97 Å². The van der Waals surface area contributed by atoms with Gasteiger partial charge in [-0.3, -0.25) is 4.90 Å². The highest BCUT2D eigenvalue weighted by Gasteiger charge is 2.43.